The quantitative estimate of drug-likeness (QED) is 0.0743. The second-order valence-corrected chi connectivity index (χ2v) is 21.6. The fraction of sp³-hybridized carbons (Fsp3) is 0.491. The van der Waals surface area contributed by atoms with Crippen LogP contribution < -0.4 is 0 Å². The van der Waals surface area contributed by atoms with Gasteiger partial charge in [-0.1, -0.05) is 144 Å². The van der Waals surface area contributed by atoms with E-state index in [0.717, 1.165) is 42.4 Å². The van der Waals surface area contributed by atoms with Gasteiger partial charge >= 0.3 is 17.9 Å². The van der Waals surface area contributed by atoms with Gasteiger partial charge in [-0.15, -0.1) is 0 Å². The summed E-state index contributed by atoms with van der Waals surface area (Å²) in [6, 6.07) is 28.7. The molecule has 4 saturated carbocycles. The van der Waals surface area contributed by atoms with Crippen molar-refractivity contribution in [1.29, 1.82) is 0 Å². The highest BCUT2D eigenvalue weighted by Crippen LogP contribution is 2.76. The zero-order chi connectivity index (χ0) is 47.1. The maximum Gasteiger partial charge on any atom is 0.331 e. The molecule has 66 heavy (non-hydrogen) atoms. The van der Waals surface area contributed by atoms with Gasteiger partial charge < -0.3 is 29.5 Å². The van der Waals surface area contributed by atoms with Crippen LogP contribution in [0.15, 0.2) is 121 Å². The number of benzene rings is 3. The van der Waals surface area contributed by atoms with E-state index in [4.69, 9.17) is 14.2 Å². The molecule has 3 aromatic carbocycles. The topological polar surface area (TPSA) is 140 Å². The van der Waals surface area contributed by atoms with Gasteiger partial charge in [0.05, 0.1) is 18.1 Å². The van der Waals surface area contributed by atoms with Crippen LogP contribution in [0.2, 0.25) is 0 Å². The maximum atomic E-state index is 13.6. The first-order valence-electron chi connectivity index (χ1n) is 23.9. The van der Waals surface area contributed by atoms with Crippen molar-refractivity contribution in [1.82, 2.24) is 0 Å². The number of carbonyl (C=O) groups is 3. The highest BCUT2D eigenvalue weighted by molar-refractivity contribution is 5.88. The Hall–Kier alpha value is -5.09. The van der Waals surface area contributed by atoms with Crippen LogP contribution in [0, 0.1) is 50.2 Å². The highest BCUT2D eigenvalue weighted by Gasteiger charge is 2.73. The molecule has 5 aliphatic rings. The first-order chi connectivity index (χ1) is 31.4. The lowest BCUT2D eigenvalue weighted by atomic mass is 9.33. The molecule has 3 aromatic rings. The molecule has 0 saturated heterocycles. The fourth-order valence-corrected chi connectivity index (χ4v) is 14.1. The molecule has 8 rings (SSSR count). The molecule has 350 valence electrons. The van der Waals surface area contributed by atoms with E-state index in [1.54, 1.807) is 18.2 Å². The lowest BCUT2D eigenvalue weighted by Gasteiger charge is -2.72. The Balaban J connectivity index is 1.08. The van der Waals surface area contributed by atoms with Crippen LogP contribution in [0.3, 0.4) is 0 Å². The second-order valence-electron chi connectivity index (χ2n) is 21.6. The number of aliphatic hydroxyl groups is 3. The lowest BCUT2D eigenvalue weighted by Crippen LogP contribution is -2.72. The zero-order valence-electron chi connectivity index (χ0n) is 39.4. The van der Waals surface area contributed by atoms with Crippen LogP contribution in [-0.4, -0.2) is 70.9 Å². The minimum Gasteiger partial charge on any atom is -0.462 e. The summed E-state index contributed by atoms with van der Waals surface area (Å²) in [6.07, 6.45) is 12.5. The molecule has 0 bridgehead atoms. The Kier molecular flexibility index (Phi) is 13.1. The summed E-state index contributed by atoms with van der Waals surface area (Å²) >= 11 is 0. The molecule has 0 heterocycles. The third-order valence-corrected chi connectivity index (χ3v) is 17.8. The van der Waals surface area contributed by atoms with Gasteiger partial charge in [0.15, 0.2) is 0 Å². The SMILES string of the molecule is CC1(C)CC2C3=CCC4[C@@]5(C)CC[C@H](OC(=O)/C=C/c6ccccc6)[C@](C)(COC(=O)/C=C/c6ccccc6)C5CC[C@@]4(C)[C@]3(C)C[C@@H](O)[C@@]2(CO)[C@@H](O)[C@@H]1OC(=O)/C=C/c1ccccc1. The van der Waals surface area contributed by atoms with Crippen molar-refractivity contribution < 1.29 is 43.9 Å². The van der Waals surface area contributed by atoms with Crippen molar-refractivity contribution in [3.63, 3.8) is 0 Å². The van der Waals surface area contributed by atoms with Crippen molar-refractivity contribution in [3.05, 3.63) is 138 Å². The molecule has 0 spiro atoms. The van der Waals surface area contributed by atoms with E-state index in [0.29, 0.717) is 19.3 Å². The summed E-state index contributed by atoms with van der Waals surface area (Å²) in [7, 11) is 0. The molecular weight excluding hydrogens is 829 g/mol. The molecule has 3 N–H and O–H groups in total. The molecule has 0 aromatic heterocycles. The molecule has 5 aliphatic carbocycles. The van der Waals surface area contributed by atoms with Crippen molar-refractivity contribution >= 4 is 36.1 Å². The Morgan fingerprint density at radius 2 is 1.20 bits per heavy atom. The van der Waals surface area contributed by atoms with E-state index in [2.05, 4.69) is 33.8 Å². The predicted octanol–water partition coefficient (Wildman–Crippen LogP) is 9.82. The first-order valence-corrected chi connectivity index (χ1v) is 23.9. The van der Waals surface area contributed by atoms with E-state index >= 15 is 0 Å². The van der Waals surface area contributed by atoms with E-state index < -0.39 is 70.6 Å². The van der Waals surface area contributed by atoms with Gasteiger partial charge in [0, 0.05) is 29.1 Å². The zero-order valence-corrected chi connectivity index (χ0v) is 39.4. The standard InChI is InChI=1S/C57H68O9/c1-52(2)34-42-41-25-26-44-53(3)32-31-46(65-48(61)28-23-39-18-12-8-13-19-39)54(4,37-64-47(60)27-22-38-16-10-7-11-17-38)43(53)30-33-55(44,5)56(41,6)35-45(59)57(42,36-58)50(63)51(52)66-49(62)29-24-40-20-14-9-15-21-40/h7-25,27-29,42-46,50-51,58-59,63H,26,30-37H2,1-6H3/b27-22+,28-23+,29-24+/t42?,43?,44?,45-,46+,50+,51+,53+,54-,55-,56-,57+/m1/s1. The highest BCUT2D eigenvalue weighted by atomic mass is 16.6. The molecule has 0 radical (unpaired) electrons. The van der Waals surface area contributed by atoms with Crippen molar-refractivity contribution in [2.45, 2.75) is 111 Å². The maximum absolute atomic E-state index is 13.6. The molecule has 0 amide bonds. The summed E-state index contributed by atoms with van der Waals surface area (Å²) in [5.74, 6) is -1.68. The van der Waals surface area contributed by atoms with E-state index in [1.165, 1.54) is 23.8 Å². The summed E-state index contributed by atoms with van der Waals surface area (Å²) < 4.78 is 18.6. The number of hydrogen-bond acceptors (Lipinski definition) is 9. The largest absolute Gasteiger partial charge is 0.462 e. The average molecular weight is 897 g/mol. The third-order valence-electron chi connectivity index (χ3n) is 17.8. The van der Waals surface area contributed by atoms with Crippen molar-refractivity contribution in [3.8, 4) is 0 Å². The average Bonchev–Trinajstić information content (AvgIpc) is 3.30. The van der Waals surface area contributed by atoms with Gasteiger partial charge in [0.1, 0.15) is 24.9 Å². The summed E-state index contributed by atoms with van der Waals surface area (Å²) in [5, 5.41) is 36.4. The smallest absolute Gasteiger partial charge is 0.331 e. The lowest BCUT2D eigenvalue weighted by molar-refractivity contribution is -0.263. The number of esters is 3. The van der Waals surface area contributed by atoms with Crippen LogP contribution in [0.1, 0.15) is 103 Å². The van der Waals surface area contributed by atoms with Gasteiger partial charge in [-0.05, 0) is 114 Å². The molecule has 4 fully saturated rings. The monoisotopic (exact) mass is 896 g/mol. The number of hydrogen-bond donors (Lipinski definition) is 3. The number of allylic oxidation sites excluding steroid dienone is 2. The Labute approximate surface area is 390 Å². The molecule has 9 heteroatoms. The van der Waals surface area contributed by atoms with Crippen molar-refractivity contribution in [2.24, 2.45) is 50.2 Å². The normalized spacial score (nSPS) is 36.9. The summed E-state index contributed by atoms with van der Waals surface area (Å²) in [4.78, 5) is 40.3. The summed E-state index contributed by atoms with van der Waals surface area (Å²) in [6.45, 7) is 12.8. The molecule has 0 aliphatic heterocycles. The fourth-order valence-electron chi connectivity index (χ4n) is 14.1. The van der Waals surface area contributed by atoms with Crippen LogP contribution in [0.5, 0.6) is 0 Å². The van der Waals surface area contributed by atoms with E-state index in [-0.39, 0.29) is 35.2 Å². The van der Waals surface area contributed by atoms with Crippen LogP contribution >= 0.6 is 0 Å². The number of carbonyl (C=O) groups excluding carboxylic acids is 3. The van der Waals surface area contributed by atoms with Gasteiger partial charge in [-0.25, -0.2) is 14.4 Å². The van der Waals surface area contributed by atoms with Gasteiger partial charge in [0.2, 0.25) is 0 Å². The minimum absolute atomic E-state index is 0.0176. The Bertz CT molecular complexity index is 2370. The number of ether oxygens (including phenoxy) is 3. The molecular formula is C57H68O9. The number of aliphatic hydroxyl groups excluding tert-OH is 3. The Morgan fingerprint density at radius 3 is 1.74 bits per heavy atom. The van der Waals surface area contributed by atoms with Gasteiger partial charge in [-0.3, -0.25) is 0 Å². The third kappa shape index (κ3) is 8.23. The summed E-state index contributed by atoms with van der Waals surface area (Å²) in [5.41, 5.74) is -0.0345. The number of rotatable bonds is 11. The number of fused-ring (bicyclic) bond motifs is 7. The molecule has 12 atom stereocenters. The van der Waals surface area contributed by atoms with Crippen molar-refractivity contribution in [2.75, 3.05) is 13.2 Å². The molecule has 3 unspecified atom stereocenters. The van der Waals surface area contributed by atoms with E-state index in [1.807, 2.05) is 105 Å². The van der Waals surface area contributed by atoms with Crippen LogP contribution in [0.4, 0.5) is 0 Å². The first kappa shape index (κ1) is 47.4. The van der Waals surface area contributed by atoms with E-state index in [9.17, 15) is 29.7 Å². The van der Waals surface area contributed by atoms with Gasteiger partial charge in [0.25, 0.3) is 0 Å². The molecule has 9 nitrogen and oxygen atoms in total. The predicted molar refractivity (Wildman–Crippen MR) is 256 cm³/mol. The second kappa shape index (κ2) is 18.2. The van der Waals surface area contributed by atoms with Crippen LogP contribution in [-0.2, 0) is 28.6 Å². The minimum atomic E-state index is -1.34. The van der Waals surface area contributed by atoms with Crippen LogP contribution in [0.25, 0.3) is 18.2 Å². The van der Waals surface area contributed by atoms with Gasteiger partial charge in [-0.2, -0.15) is 0 Å². The Morgan fingerprint density at radius 1 is 0.667 bits per heavy atom.